The minimum absolute atomic E-state index is 0.612. The summed E-state index contributed by atoms with van der Waals surface area (Å²) in [5.74, 6) is 0.875. The van der Waals surface area contributed by atoms with Crippen LogP contribution in [0.3, 0.4) is 0 Å². The Bertz CT molecular complexity index is 336. The molecule has 3 nitrogen and oxygen atoms in total. The lowest BCUT2D eigenvalue weighted by Crippen LogP contribution is -2.30. The predicted molar refractivity (Wildman–Crippen MR) is 70.0 cm³/mol. The number of aromatic nitrogens is 1. The third kappa shape index (κ3) is 2.23. The zero-order valence-electron chi connectivity index (χ0n) is 10.4. The van der Waals surface area contributed by atoms with Crippen molar-refractivity contribution < 1.29 is 0 Å². The Hall–Kier alpha value is -0.610. The predicted octanol–water partition coefficient (Wildman–Crippen LogP) is 2.40. The Kier molecular flexibility index (Phi) is 3.50. The van der Waals surface area contributed by atoms with Gasteiger partial charge in [-0.25, -0.2) is 4.98 Å². The first-order chi connectivity index (χ1) is 7.67. The zero-order chi connectivity index (χ0) is 11.7. The summed E-state index contributed by atoms with van der Waals surface area (Å²) in [4.78, 5) is 8.26. The minimum Gasteiger partial charge on any atom is -0.348 e. The number of nitrogens with zero attached hydrogens (tertiary/aromatic N) is 2. The summed E-state index contributed by atoms with van der Waals surface area (Å²) in [7, 11) is 2.15. The highest BCUT2D eigenvalue weighted by atomic mass is 32.1. The third-order valence-corrected chi connectivity index (χ3v) is 4.71. The Labute approximate surface area is 102 Å². The van der Waals surface area contributed by atoms with E-state index in [1.54, 1.807) is 11.3 Å². The van der Waals surface area contributed by atoms with Gasteiger partial charge in [-0.15, -0.1) is 11.3 Å². The lowest BCUT2D eigenvalue weighted by molar-refractivity contribution is 0.607. The van der Waals surface area contributed by atoms with Gasteiger partial charge in [0, 0.05) is 24.5 Å². The van der Waals surface area contributed by atoms with Crippen LogP contribution in [0, 0.1) is 5.92 Å². The fourth-order valence-electron chi connectivity index (χ4n) is 2.03. The van der Waals surface area contributed by atoms with Gasteiger partial charge in [0.1, 0.15) is 0 Å². The van der Waals surface area contributed by atoms with E-state index in [1.165, 1.54) is 23.4 Å². The Balaban J connectivity index is 2.15. The molecule has 0 saturated heterocycles. The van der Waals surface area contributed by atoms with Crippen LogP contribution < -0.4 is 10.6 Å². The van der Waals surface area contributed by atoms with E-state index in [2.05, 4.69) is 25.8 Å². The molecule has 1 unspecified atom stereocenters. The summed E-state index contributed by atoms with van der Waals surface area (Å²) in [6.45, 7) is 5.06. The maximum atomic E-state index is 5.74. The fraction of sp³-hybridized carbons (Fsp3) is 0.750. The summed E-state index contributed by atoms with van der Waals surface area (Å²) >= 11 is 1.76. The molecule has 0 amide bonds. The van der Waals surface area contributed by atoms with Gasteiger partial charge in [-0.3, -0.25) is 0 Å². The van der Waals surface area contributed by atoms with Crippen LogP contribution in [0.25, 0.3) is 0 Å². The van der Waals surface area contributed by atoms with Crippen molar-refractivity contribution in [1.82, 2.24) is 4.98 Å². The van der Waals surface area contributed by atoms with E-state index in [0.29, 0.717) is 12.6 Å². The first-order valence-electron chi connectivity index (χ1n) is 6.08. The molecule has 1 atom stereocenters. The molecule has 0 radical (unpaired) electrons. The van der Waals surface area contributed by atoms with E-state index in [9.17, 15) is 0 Å². The van der Waals surface area contributed by atoms with Crippen molar-refractivity contribution in [3.63, 3.8) is 0 Å². The van der Waals surface area contributed by atoms with Gasteiger partial charge < -0.3 is 10.6 Å². The van der Waals surface area contributed by atoms with Crippen LogP contribution in [-0.4, -0.2) is 18.1 Å². The molecule has 1 fully saturated rings. The molecule has 0 aromatic carbocycles. The van der Waals surface area contributed by atoms with Crippen LogP contribution in [0.1, 0.15) is 37.3 Å². The molecule has 4 heteroatoms. The van der Waals surface area contributed by atoms with Crippen LogP contribution in [0.5, 0.6) is 0 Å². The minimum atomic E-state index is 0.612. The van der Waals surface area contributed by atoms with Crippen LogP contribution in [0.15, 0.2) is 0 Å². The number of thiazole rings is 1. The molecule has 16 heavy (non-hydrogen) atoms. The molecule has 1 aliphatic rings. The number of aryl methyl sites for hydroxylation is 1. The average Bonchev–Trinajstić information content (AvgIpc) is 3.06. The molecule has 1 aromatic heterocycles. The van der Waals surface area contributed by atoms with Gasteiger partial charge in [-0.05, 0) is 32.1 Å². The van der Waals surface area contributed by atoms with Crippen molar-refractivity contribution in [3.8, 4) is 0 Å². The van der Waals surface area contributed by atoms with Gasteiger partial charge in [0.05, 0.1) is 5.69 Å². The van der Waals surface area contributed by atoms with Crippen molar-refractivity contribution >= 4 is 16.5 Å². The quantitative estimate of drug-likeness (QED) is 0.858. The normalized spacial score (nSPS) is 17.5. The lowest BCUT2D eigenvalue weighted by Gasteiger charge is -2.23. The van der Waals surface area contributed by atoms with Crippen molar-refractivity contribution in [2.75, 3.05) is 11.9 Å². The summed E-state index contributed by atoms with van der Waals surface area (Å²) in [6.07, 6.45) is 3.73. The molecule has 2 N–H and O–H groups in total. The Morgan fingerprint density at radius 2 is 2.25 bits per heavy atom. The summed E-state index contributed by atoms with van der Waals surface area (Å²) < 4.78 is 0. The van der Waals surface area contributed by atoms with Gasteiger partial charge in [0.25, 0.3) is 0 Å². The van der Waals surface area contributed by atoms with Gasteiger partial charge in [0.2, 0.25) is 0 Å². The molecule has 2 rings (SSSR count). The van der Waals surface area contributed by atoms with E-state index in [4.69, 9.17) is 10.7 Å². The maximum absolute atomic E-state index is 5.74. The third-order valence-electron chi connectivity index (χ3n) is 3.50. The number of rotatable bonds is 5. The monoisotopic (exact) mass is 239 g/mol. The van der Waals surface area contributed by atoms with Crippen LogP contribution in [0.4, 0.5) is 5.13 Å². The van der Waals surface area contributed by atoms with Gasteiger partial charge in [0.15, 0.2) is 5.13 Å². The summed E-state index contributed by atoms with van der Waals surface area (Å²) in [5, 5.41) is 1.14. The van der Waals surface area contributed by atoms with Crippen molar-refractivity contribution in [2.45, 2.75) is 45.7 Å². The average molecular weight is 239 g/mol. The standard InChI is InChI=1S/C12H21N3S/c1-4-10-11(7-13)16-12(14-10)15(3)8(2)9-5-6-9/h8-9H,4-7,13H2,1-3H3. The van der Waals surface area contributed by atoms with Crippen molar-refractivity contribution in [1.29, 1.82) is 0 Å². The smallest absolute Gasteiger partial charge is 0.185 e. The first-order valence-corrected chi connectivity index (χ1v) is 6.90. The molecular weight excluding hydrogens is 218 g/mol. The van der Waals surface area contributed by atoms with E-state index >= 15 is 0 Å². The second kappa shape index (κ2) is 4.72. The molecule has 1 saturated carbocycles. The molecule has 0 bridgehead atoms. The van der Waals surface area contributed by atoms with Gasteiger partial charge in [-0.1, -0.05) is 6.92 Å². The molecule has 0 aliphatic heterocycles. The molecule has 0 spiro atoms. The highest BCUT2D eigenvalue weighted by molar-refractivity contribution is 7.15. The number of nitrogens with two attached hydrogens (primary N) is 1. The van der Waals surface area contributed by atoms with Crippen molar-refractivity contribution in [3.05, 3.63) is 10.6 Å². The number of hydrogen-bond acceptors (Lipinski definition) is 4. The molecule has 1 aromatic rings. The SMILES string of the molecule is CCc1nc(N(C)C(C)C2CC2)sc1CN. The van der Waals surface area contributed by atoms with E-state index in [1.807, 2.05) is 0 Å². The Morgan fingerprint density at radius 1 is 1.56 bits per heavy atom. The van der Waals surface area contributed by atoms with Crippen LogP contribution >= 0.6 is 11.3 Å². The highest BCUT2D eigenvalue weighted by Gasteiger charge is 2.31. The topological polar surface area (TPSA) is 42.2 Å². The molecule has 1 aliphatic carbocycles. The first kappa shape index (κ1) is 11.9. The fourth-order valence-corrected chi connectivity index (χ4v) is 3.10. The highest BCUT2D eigenvalue weighted by Crippen LogP contribution is 2.37. The largest absolute Gasteiger partial charge is 0.348 e. The zero-order valence-corrected chi connectivity index (χ0v) is 11.2. The number of hydrogen-bond donors (Lipinski definition) is 1. The Morgan fingerprint density at radius 3 is 2.69 bits per heavy atom. The summed E-state index contributed by atoms with van der Waals surface area (Å²) in [5.41, 5.74) is 6.92. The number of anilines is 1. The van der Waals surface area contributed by atoms with E-state index in [0.717, 1.165) is 17.5 Å². The molecular formula is C12H21N3S. The van der Waals surface area contributed by atoms with E-state index < -0.39 is 0 Å². The lowest BCUT2D eigenvalue weighted by atomic mass is 10.2. The molecule has 90 valence electrons. The van der Waals surface area contributed by atoms with Gasteiger partial charge >= 0.3 is 0 Å². The van der Waals surface area contributed by atoms with Gasteiger partial charge in [-0.2, -0.15) is 0 Å². The summed E-state index contributed by atoms with van der Waals surface area (Å²) in [6, 6.07) is 0.612. The van der Waals surface area contributed by atoms with Crippen LogP contribution in [-0.2, 0) is 13.0 Å². The van der Waals surface area contributed by atoms with E-state index in [-0.39, 0.29) is 0 Å². The van der Waals surface area contributed by atoms with Crippen molar-refractivity contribution in [2.24, 2.45) is 11.7 Å². The molecule has 1 heterocycles. The second-order valence-electron chi connectivity index (χ2n) is 4.61. The van der Waals surface area contributed by atoms with Crippen LogP contribution in [0.2, 0.25) is 0 Å². The second-order valence-corrected chi connectivity index (χ2v) is 5.67. The maximum Gasteiger partial charge on any atom is 0.185 e.